The van der Waals surface area contributed by atoms with Gasteiger partial charge in [0.2, 0.25) is 0 Å². The van der Waals surface area contributed by atoms with Crippen LogP contribution in [0, 0.1) is 5.92 Å². The van der Waals surface area contributed by atoms with Crippen molar-refractivity contribution in [3.63, 3.8) is 0 Å². The number of rotatable bonds is 6. The molecule has 0 bridgehead atoms. The molecule has 0 aromatic heterocycles. The van der Waals surface area contributed by atoms with E-state index in [1.165, 1.54) is 0 Å². The van der Waals surface area contributed by atoms with E-state index < -0.39 is 11.4 Å². The van der Waals surface area contributed by atoms with Crippen LogP contribution in [0.5, 0.6) is 0 Å². The molecule has 0 amide bonds. The van der Waals surface area contributed by atoms with E-state index in [0.717, 1.165) is 29.5 Å². The molecule has 2 aliphatic rings. The molecule has 0 unspecified atom stereocenters. The minimum Gasteiger partial charge on any atom is -0.360 e. The zero-order chi connectivity index (χ0) is 21.3. The highest BCUT2D eigenvalue weighted by Crippen LogP contribution is 2.45. The number of ether oxygens (including phenoxy) is 3. The van der Waals surface area contributed by atoms with Crippen molar-refractivity contribution in [3.8, 4) is 0 Å². The number of fused-ring (bicyclic) bond motifs is 1. The average molecular weight is 415 g/mol. The van der Waals surface area contributed by atoms with Crippen LogP contribution in [0.1, 0.15) is 43.4 Å². The third kappa shape index (κ3) is 3.82. The molecule has 1 aliphatic carbocycles. The highest BCUT2D eigenvalue weighted by molar-refractivity contribution is 5.47. The van der Waals surface area contributed by atoms with E-state index in [1.54, 1.807) is 0 Å². The largest absolute Gasteiger partial charge is 0.360 e. The van der Waals surface area contributed by atoms with E-state index in [-0.39, 0.29) is 12.2 Å². The number of benzene rings is 3. The van der Waals surface area contributed by atoms with Gasteiger partial charge in [-0.1, -0.05) is 91.0 Å². The molecule has 1 heterocycles. The Balaban J connectivity index is 1.55. The third-order valence-electron chi connectivity index (χ3n) is 6.56. The van der Waals surface area contributed by atoms with Gasteiger partial charge in [0.25, 0.3) is 0 Å². The minimum atomic E-state index is -0.684. The number of hydrogen-bond acceptors (Lipinski definition) is 3. The Labute approximate surface area is 185 Å². The maximum Gasteiger partial charge on any atom is 0.163 e. The van der Waals surface area contributed by atoms with Crippen molar-refractivity contribution in [2.24, 2.45) is 5.92 Å². The van der Waals surface area contributed by atoms with Gasteiger partial charge in [-0.05, 0) is 43.4 Å². The summed E-state index contributed by atoms with van der Waals surface area (Å²) in [5.41, 5.74) is 2.71. The lowest BCUT2D eigenvalue weighted by atomic mass is 9.80. The summed E-state index contributed by atoms with van der Waals surface area (Å²) in [7, 11) is 0. The summed E-state index contributed by atoms with van der Waals surface area (Å²) >= 11 is 0. The summed E-state index contributed by atoms with van der Waals surface area (Å²) in [6, 6.07) is 31.6. The van der Waals surface area contributed by atoms with Crippen LogP contribution < -0.4 is 0 Å². The zero-order valence-corrected chi connectivity index (χ0v) is 18.2. The molecule has 5 rings (SSSR count). The lowest BCUT2D eigenvalue weighted by Crippen LogP contribution is -2.37. The van der Waals surface area contributed by atoms with Crippen LogP contribution in [0.3, 0.4) is 0 Å². The molecule has 31 heavy (non-hydrogen) atoms. The summed E-state index contributed by atoms with van der Waals surface area (Å²) in [6.45, 7) is 4.62. The smallest absolute Gasteiger partial charge is 0.163 e. The summed E-state index contributed by atoms with van der Waals surface area (Å²) in [6.07, 6.45) is 2.34. The SMILES string of the molecule is CC1(C)O[C@H]2[C@H](COC(c3ccccc3)(c3ccccc3)c3ccccc3)CC[C@H]2O1. The van der Waals surface area contributed by atoms with Crippen molar-refractivity contribution >= 4 is 0 Å². The van der Waals surface area contributed by atoms with Gasteiger partial charge in [-0.15, -0.1) is 0 Å². The van der Waals surface area contributed by atoms with Crippen molar-refractivity contribution < 1.29 is 14.2 Å². The Kier molecular flexibility index (Phi) is 5.43. The minimum absolute atomic E-state index is 0.0926. The maximum absolute atomic E-state index is 7.01. The Morgan fingerprint density at radius 3 is 1.71 bits per heavy atom. The molecule has 0 N–H and O–H groups in total. The summed E-state index contributed by atoms with van der Waals surface area (Å²) in [5, 5.41) is 0. The molecule has 1 aliphatic heterocycles. The van der Waals surface area contributed by atoms with E-state index in [1.807, 2.05) is 13.8 Å². The predicted molar refractivity (Wildman–Crippen MR) is 122 cm³/mol. The first-order chi connectivity index (χ1) is 15.1. The molecule has 3 heteroatoms. The van der Waals surface area contributed by atoms with E-state index in [4.69, 9.17) is 14.2 Å². The molecule has 3 nitrogen and oxygen atoms in total. The fraction of sp³-hybridized carbons (Fsp3) is 0.357. The first-order valence-electron chi connectivity index (χ1n) is 11.2. The van der Waals surface area contributed by atoms with Gasteiger partial charge in [-0.25, -0.2) is 0 Å². The highest BCUT2D eigenvalue weighted by atomic mass is 16.8. The highest BCUT2D eigenvalue weighted by Gasteiger charge is 2.50. The van der Waals surface area contributed by atoms with E-state index >= 15 is 0 Å². The quantitative estimate of drug-likeness (QED) is 0.468. The monoisotopic (exact) mass is 414 g/mol. The summed E-state index contributed by atoms with van der Waals surface area (Å²) < 4.78 is 19.4. The van der Waals surface area contributed by atoms with E-state index in [2.05, 4.69) is 91.0 Å². The fourth-order valence-corrected chi connectivity index (χ4v) is 5.21. The maximum atomic E-state index is 7.01. The van der Waals surface area contributed by atoms with Crippen molar-refractivity contribution in [2.45, 2.75) is 50.3 Å². The van der Waals surface area contributed by atoms with Crippen molar-refractivity contribution in [1.82, 2.24) is 0 Å². The second-order valence-electron chi connectivity index (χ2n) is 9.07. The molecule has 2 fully saturated rings. The molecule has 0 radical (unpaired) electrons. The van der Waals surface area contributed by atoms with Crippen LogP contribution in [0.4, 0.5) is 0 Å². The van der Waals surface area contributed by atoms with Crippen LogP contribution in [-0.4, -0.2) is 24.6 Å². The zero-order valence-electron chi connectivity index (χ0n) is 18.2. The molecule has 3 atom stereocenters. The topological polar surface area (TPSA) is 27.7 Å². The Morgan fingerprint density at radius 2 is 1.23 bits per heavy atom. The van der Waals surface area contributed by atoms with Crippen LogP contribution in [-0.2, 0) is 19.8 Å². The van der Waals surface area contributed by atoms with E-state index in [0.29, 0.717) is 12.5 Å². The first kappa shape index (κ1) is 20.4. The second kappa shape index (κ2) is 8.23. The fourth-order valence-electron chi connectivity index (χ4n) is 5.21. The van der Waals surface area contributed by atoms with Gasteiger partial charge in [-0.3, -0.25) is 0 Å². The predicted octanol–water partition coefficient (Wildman–Crippen LogP) is 5.93. The molecule has 160 valence electrons. The van der Waals surface area contributed by atoms with Crippen molar-refractivity contribution in [1.29, 1.82) is 0 Å². The van der Waals surface area contributed by atoms with Crippen LogP contribution in [0.2, 0.25) is 0 Å². The van der Waals surface area contributed by atoms with Crippen LogP contribution >= 0.6 is 0 Å². The van der Waals surface area contributed by atoms with Crippen molar-refractivity contribution in [3.05, 3.63) is 108 Å². The van der Waals surface area contributed by atoms with Gasteiger partial charge >= 0.3 is 0 Å². The standard InChI is InChI=1S/C28H30O3/c1-27(2)30-25-19-18-21(26(25)31-27)20-29-28(22-12-6-3-7-13-22,23-14-8-4-9-15-23)24-16-10-5-11-17-24/h3-17,21,25-26H,18-20H2,1-2H3/t21-,25+,26-/m0/s1. The van der Waals surface area contributed by atoms with Crippen LogP contribution in [0.15, 0.2) is 91.0 Å². The normalized spacial score (nSPS) is 24.8. The lowest BCUT2D eigenvalue weighted by Gasteiger charge is -2.37. The molecule has 3 aromatic carbocycles. The third-order valence-corrected chi connectivity index (χ3v) is 6.56. The number of hydrogen-bond donors (Lipinski definition) is 0. The van der Waals surface area contributed by atoms with Gasteiger partial charge in [0.1, 0.15) is 5.60 Å². The van der Waals surface area contributed by atoms with Crippen LogP contribution in [0.25, 0.3) is 0 Å². The first-order valence-corrected chi connectivity index (χ1v) is 11.2. The second-order valence-corrected chi connectivity index (χ2v) is 9.07. The Morgan fingerprint density at radius 1 is 0.742 bits per heavy atom. The summed E-state index contributed by atoms with van der Waals surface area (Å²) in [5.74, 6) is -0.203. The van der Waals surface area contributed by atoms with Gasteiger partial charge < -0.3 is 14.2 Å². The lowest BCUT2D eigenvalue weighted by molar-refractivity contribution is -0.160. The molecule has 0 spiro atoms. The molecule has 1 saturated carbocycles. The molecule has 1 saturated heterocycles. The van der Waals surface area contributed by atoms with Gasteiger partial charge in [-0.2, -0.15) is 0 Å². The van der Waals surface area contributed by atoms with Gasteiger partial charge in [0.15, 0.2) is 5.79 Å². The Hall–Kier alpha value is -2.46. The molecule has 3 aromatic rings. The summed E-state index contributed by atoms with van der Waals surface area (Å²) in [4.78, 5) is 0. The molecular weight excluding hydrogens is 384 g/mol. The molecular formula is C28H30O3. The Bertz CT molecular complexity index is 888. The average Bonchev–Trinajstić information content (AvgIpc) is 3.31. The van der Waals surface area contributed by atoms with Gasteiger partial charge in [0, 0.05) is 5.92 Å². The van der Waals surface area contributed by atoms with Crippen molar-refractivity contribution in [2.75, 3.05) is 6.61 Å². The van der Waals surface area contributed by atoms with E-state index in [9.17, 15) is 0 Å². The van der Waals surface area contributed by atoms with Gasteiger partial charge in [0.05, 0.1) is 18.8 Å².